The Balaban J connectivity index is 0. The van der Waals surface area contributed by atoms with Crippen LogP contribution in [-0.2, 0) is 0 Å². The third-order valence-corrected chi connectivity index (χ3v) is 3.50. The molecule has 2 aromatic carbocycles. The maximum atomic E-state index is 5.90. The van der Waals surface area contributed by atoms with E-state index >= 15 is 0 Å². The second-order valence-electron chi connectivity index (χ2n) is 3.41. The van der Waals surface area contributed by atoms with E-state index in [1.165, 1.54) is 10.5 Å². The minimum Gasteiger partial charge on any atom is -0.412 e. The highest BCUT2D eigenvalue weighted by atomic mass is 32.2. The first-order valence-electron chi connectivity index (χ1n) is 5.85. The molecular formula is C15H23NOS. The second-order valence-corrected chi connectivity index (χ2v) is 4.49. The van der Waals surface area contributed by atoms with Gasteiger partial charge in [-0.3, -0.25) is 0 Å². The van der Waals surface area contributed by atoms with Crippen molar-refractivity contribution in [1.29, 1.82) is 0 Å². The van der Waals surface area contributed by atoms with Gasteiger partial charge in [-0.2, -0.15) is 0 Å². The molecule has 0 amide bonds. The topological polar surface area (TPSA) is 57.5 Å². The summed E-state index contributed by atoms with van der Waals surface area (Å²) in [7, 11) is 0. The molecule has 0 saturated carbocycles. The Morgan fingerprint density at radius 3 is 1.94 bits per heavy atom. The SMILES string of the molecule is CC.Cc1ccccc1Sc1ccccc1N.O.[HH]. The van der Waals surface area contributed by atoms with Gasteiger partial charge in [-0.1, -0.05) is 55.9 Å². The van der Waals surface area contributed by atoms with E-state index in [0.29, 0.717) is 0 Å². The monoisotopic (exact) mass is 265 g/mol. The predicted molar refractivity (Wildman–Crippen MR) is 83.2 cm³/mol. The van der Waals surface area contributed by atoms with Crippen molar-refractivity contribution < 1.29 is 6.90 Å². The number of nitrogens with two attached hydrogens (primary N) is 1. The fraction of sp³-hybridized carbons (Fsp3) is 0.200. The number of rotatable bonds is 2. The summed E-state index contributed by atoms with van der Waals surface area (Å²) in [6.45, 7) is 6.11. The number of hydrogen-bond acceptors (Lipinski definition) is 2. The summed E-state index contributed by atoms with van der Waals surface area (Å²) in [4.78, 5) is 2.38. The number of aryl methyl sites for hydroxylation is 1. The summed E-state index contributed by atoms with van der Waals surface area (Å²) in [5.41, 5.74) is 8.02. The Labute approximate surface area is 115 Å². The molecule has 0 spiro atoms. The number of benzene rings is 2. The van der Waals surface area contributed by atoms with Crippen LogP contribution in [0.3, 0.4) is 0 Å². The van der Waals surface area contributed by atoms with Gasteiger partial charge in [0.25, 0.3) is 0 Å². The third-order valence-electron chi connectivity index (χ3n) is 2.23. The van der Waals surface area contributed by atoms with Gasteiger partial charge in [0, 0.05) is 16.9 Å². The van der Waals surface area contributed by atoms with Crippen LogP contribution in [-0.4, -0.2) is 5.48 Å². The van der Waals surface area contributed by atoms with Crippen LogP contribution in [0.25, 0.3) is 0 Å². The lowest BCUT2D eigenvalue weighted by molar-refractivity contribution is 0.824. The minimum atomic E-state index is 0. The van der Waals surface area contributed by atoms with Crippen LogP contribution >= 0.6 is 11.8 Å². The van der Waals surface area contributed by atoms with E-state index in [0.717, 1.165) is 10.6 Å². The van der Waals surface area contributed by atoms with Gasteiger partial charge in [-0.15, -0.1) is 0 Å². The van der Waals surface area contributed by atoms with Gasteiger partial charge < -0.3 is 11.2 Å². The molecule has 2 aromatic rings. The van der Waals surface area contributed by atoms with Crippen molar-refractivity contribution in [2.45, 2.75) is 30.6 Å². The normalized spacial score (nSPS) is 8.83. The van der Waals surface area contributed by atoms with E-state index in [-0.39, 0.29) is 6.90 Å². The fourth-order valence-electron chi connectivity index (χ4n) is 1.36. The van der Waals surface area contributed by atoms with Gasteiger partial charge in [0.2, 0.25) is 0 Å². The van der Waals surface area contributed by atoms with E-state index in [1.807, 2.05) is 44.2 Å². The average Bonchev–Trinajstić information content (AvgIpc) is 2.37. The molecule has 3 heteroatoms. The molecule has 0 heterocycles. The molecule has 4 N–H and O–H groups in total. The zero-order valence-electron chi connectivity index (χ0n) is 11.1. The summed E-state index contributed by atoms with van der Waals surface area (Å²) in [5.74, 6) is 0. The van der Waals surface area contributed by atoms with Crippen LogP contribution in [0, 0.1) is 6.92 Å². The highest BCUT2D eigenvalue weighted by Crippen LogP contribution is 2.33. The minimum absolute atomic E-state index is 0. The summed E-state index contributed by atoms with van der Waals surface area (Å²) < 4.78 is 0. The fourth-order valence-corrected chi connectivity index (χ4v) is 2.31. The smallest absolute Gasteiger partial charge is 0.0455 e. The quantitative estimate of drug-likeness (QED) is 0.828. The Kier molecular flexibility index (Phi) is 7.92. The van der Waals surface area contributed by atoms with Gasteiger partial charge in [0.1, 0.15) is 0 Å². The third kappa shape index (κ3) is 4.43. The van der Waals surface area contributed by atoms with Crippen LogP contribution in [0.1, 0.15) is 20.8 Å². The zero-order valence-corrected chi connectivity index (χ0v) is 11.9. The van der Waals surface area contributed by atoms with E-state index < -0.39 is 0 Å². The van der Waals surface area contributed by atoms with E-state index in [2.05, 4.69) is 25.1 Å². The van der Waals surface area contributed by atoms with E-state index in [4.69, 9.17) is 5.73 Å². The van der Waals surface area contributed by atoms with Crippen LogP contribution < -0.4 is 5.73 Å². The Morgan fingerprint density at radius 1 is 0.889 bits per heavy atom. The van der Waals surface area contributed by atoms with Crippen molar-refractivity contribution >= 4 is 17.4 Å². The number of anilines is 1. The lowest BCUT2D eigenvalue weighted by atomic mass is 10.2. The highest BCUT2D eigenvalue weighted by Gasteiger charge is 2.02. The van der Waals surface area contributed by atoms with Crippen LogP contribution in [0.15, 0.2) is 58.3 Å². The highest BCUT2D eigenvalue weighted by molar-refractivity contribution is 7.99. The van der Waals surface area contributed by atoms with Crippen LogP contribution in [0.2, 0.25) is 0 Å². The first-order chi connectivity index (χ1) is 8.27. The molecule has 0 aliphatic carbocycles. The van der Waals surface area contributed by atoms with E-state index in [9.17, 15) is 0 Å². The van der Waals surface area contributed by atoms with E-state index in [1.54, 1.807) is 11.8 Å². The first-order valence-corrected chi connectivity index (χ1v) is 6.67. The average molecular weight is 265 g/mol. The summed E-state index contributed by atoms with van der Waals surface area (Å²) in [6.07, 6.45) is 0. The maximum absolute atomic E-state index is 5.90. The molecule has 0 bridgehead atoms. The number of para-hydroxylation sites is 1. The molecular weight excluding hydrogens is 242 g/mol. The van der Waals surface area contributed by atoms with Crippen molar-refractivity contribution in [3.05, 3.63) is 54.1 Å². The van der Waals surface area contributed by atoms with Gasteiger partial charge in [0.15, 0.2) is 0 Å². The first kappa shape index (κ1) is 16.6. The molecule has 18 heavy (non-hydrogen) atoms. The molecule has 2 nitrogen and oxygen atoms in total. The number of nitrogen functional groups attached to an aromatic ring is 1. The largest absolute Gasteiger partial charge is 0.412 e. The lowest BCUT2D eigenvalue weighted by Gasteiger charge is -2.06. The lowest BCUT2D eigenvalue weighted by Crippen LogP contribution is -1.87. The molecule has 0 atom stereocenters. The standard InChI is InChI=1S/C13H13NS.C2H6.H2O.H2/c1-10-6-2-4-8-12(10)15-13-9-5-3-7-11(13)14;1-2;;/h2-9H,14H2,1H3;1-2H3;1H2;1H. The number of hydrogen-bond donors (Lipinski definition) is 1. The molecule has 0 saturated heterocycles. The summed E-state index contributed by atoms with van der Waals surface area (Å²) >= 11 is 1.72. The van der Waals surface area contributed by atoms with Crippen molar-refractivity contribution in [1.82, 2.24) is 0 Å². The molecule has 0 radical (unpaired) electrons. The Morgan fingerprint density at radius 2 is 1.39 bits per heavy atom. The van der Waals surface area contributed by atoms with Crippen LogP contribution in [0.5, 0.6) is 0 Å². The molecule has 0 unspecified atom stereocenters. The Bertz CT molecular complexity index is 434. The van der Waals surface area contributed by atoms with Crippen molar-refractivity contribution in [2.24, 2.45) is 0 Å². The summed E-state index contributed by atoms with van der Waals surface area (Å²) in [6, 6.07) is 16.3. The van der Waals surface area contributed by atoms with Gasteiger partial charge in [-0.25, -0.2) is 0 Å². The maximum Gasteiger partial charge on any atom is 0.0455 e. The van der Waals surface area contributed by atoms with Gasteiger partial charge >= 0.3 is 0 Å². The van der Waals surface area contributed by atoms with Gasteiger partial charge in [-0.05, 0) is 30.7 Å². The molecule has 0 aromatic heterocycles. The Hall–Kier alpha value is -1.45. The van der Waals surface area contributed by atoms with Crippen molar-refractivity contribution in [2.75, 3.05) is 5.73 Å². The summed E-state index contributed by atoms with van der Waals surface area (Å²) in [5, 5.41) is 0. The second kappa shape index (κ2) is 8.61. The van der Waals surface area contributed by atoms with Crippen LogP contribution in [0.4, 0.5) is 5.69 Å². The molecule has 2 rings (SSSR count). The van der Waals surface area contributed by atoms with Crippen molar-refractivity contribution in [3.63, 3.8) is 0 Å². The molecule has 0 aliphatic rings. The predicted octanol–water partition coefficient (Wildman–Crippen LogP) is 4.18. The van der Waals surface area contributed by atoms with Gasteiger partial charge in [0.05, 0.1) is 0 Å². The molecule has 100 valence electrons. The molecule has 0 fully saturated rings. The molecule has 0 aliphatic heterocycles. The zero-order chi connectivity index (χ0) is 12.7. The van der Waals surface area contributed by atoms with Crippen molar-refractivity contribution in [3.8, 4) is 0 Å².